The van der Waals surface area contributed by atoms with E-state index in [2.05, 4.69) is 30.4 Å². The van der Waals surface area contributed by atoms with E-state index in [1.807, 2.05) is 0 Å². The molecule has 18 heavy (non-hydrogen) atoms. The summed E-state index contributed by atoms with van der Waals surface area (Å²) in [4.78, 5) is 11.1. The van der Waals surface area contributed by atoms with Crippen molar-refractivity contribution in [1.82, 2.24) is 0 Å². The van der Waals surface area contributed by atoms with E-state index in [1.54, 1.807) is 0 Å². The molecule has 4 heteroatoms. The summed E-state index contributed by atoms with van der Waals surface area (Å²) in [5.41, 5.74) is 3.55. The Labute approximate surface area is 106 Å². The largest absolute Gasteiger partial charge is 0.458 e. The topological polar surface area (TPSA) is 47.6 Å². The quantitative estimate of drug-likeness (QED) is 0.773. The SMILES string of the molecule is CC(=O)O[C@H]1CO[C@H]2C[C@@H]1Nc1ccc(C)cc12. The van der Waals surface area contributed by atoms with Gasteiger partial charge in [-0.25, -0.2) is 0 Å². The lowest BCUT2D eigenvalue weighted by atomic mass is 9.89. The first-order chi connectivity index (χ1) is 8.63. The highest BCUT2D eigenvalue weighted by Crippen LogP contribution is 2.40. The zero-order valence-electron chi connectivity index (χ0n) is 10.6. The highest BCUT2D eigenvalue weighted by molar-refractivity contribution is 5.66. The van der Waals surface area contributed by atoms with Gasteiger partial charge in [-0.3, -0.25) is 4.79 Å². The molecule has 1 saturated heterocycles. The predicted octanol–water partition coefficient (Wildman–Crippen LogP) is 2.18. The number of aryl methyl sites for hydroxylation is 1. The van der Waals surface area contributed by atoms with E-state index in [4.69, 9.17) is 9.47 Å². The third-order valence-electron chi connectivity index (χ3n) is 3.59. The van der Waals surface area contributed by atoms with E-state index in [1.165, 1.54) is 18.1 Å². The van der Waals surface area contributed by atoms with Gasteiger partial charge in [-0.05, 0) is 13.0 Å². The van der Waals surface area contributed by atoms with Gasteiger partial charge in [0.2, 0.25) is 0 Å². The van der Waals surface area contributed by atoms with E-state index in [0.29, 0.717) is 6.61 Å². The summed E-state index contributed by atoms with van der Waals surface area (Å²) >= 11 is 0. The van der Waals surface area contributed by atoms with Gasteiger partial charge >= 0.3 is 5.97 Å². The second-order valence-electron chi connectivity index (χ2n) is 5.05. The van der Waals surface area contributed by atoms with Crippen molar-refractivity contribution in [2.45, 2.75) is 38.5 Å². The van der Waals surface area contributed by atoms with Gasteiger partial charge in [-0.15, -0.1) is 0 Å². The molecule has 2 heterocycles. The van der Waals surface area contributed by atoms with Crippen LogP contribution in [0.25, 0.3) is 0 Å². The number of hydrogen-bond donors (Lipinski definition) is 1. The van der Waals surface area contributed by atoms with Crippen molar-refractivity contribution in [3.05, 3.63) is 29.3 Å². The molecule has 0 aromatic heterocycles. The lowest BCUT2D eigenvalue weighted by molar-refractivity contribution is -0.158. The van der Waals surface area contributed by atoms with Crippen LogP contribution in [0.15, 0.2) is 18.2 Å². The van der Waals surface area contributed by atoms with Crippen LogP contribution in [0.1, 0.15) is 30.6 Å². The Morgan fingerprint density at radius 1 is 1.50 bits per heavy atom. The van der Waals surface area contributed by atoms with Crippen LogP contribution in [-0.2, 0) is 14.3 Å². The van der Waals surface area contributed by atoms with Crippen molar-refractivity contribution in [1.29, 1.82) is 0 Å². The fourth-order valence-electron chi connectivity index (χ4n) is 2.76. The highest BCUT2D eigenvalue weighted by Gasteiger charge is 2.38. The van der Waals surface area contributed by atoms with Crippen LogP contribution >= 0.6 is 0 Å². The number of esters is 1. The first-order valence-electron chi connectivity index (χ1n) is 6.29. The standard InChI is InChI=1S/C14H17NO3/c1-8-3-4-11-10(5-8)13-6-12(15-11)14(7-17-13)18-9(2)16/h3-5,12-15H,6-7H2,1-2H3/t12-,13-,14-/m0/s1. The second kappa shape index (κ2) is 4.28. The molecule has 2 aliphatic heterocycles. The molecule has 0 spiro atoms. The zero-order chi connectivity index (χ0) is 12.7. The van der Waals surface area contributed by atoms with Crippen molar-refractivity contribution < 1.29 is 14.3 Å². The van der Waals surface area contributed by atoms with Gasteiger partial charge in [-0.1, -0.05) is 17.7 Å². The summed E-state index contributed by atoms with van der Waals surface area (Å²) in [6.45, 7) is 3.98. The average molecular weight is 247 g/mol. The van der Waals surface area contributed by atoms with Gasteiger partial charge in [0.25, 0.3) is 0 Å². The third kappa shape index (κ3) is 1.97. The first kappa shape index (κ1) is 11.5. The number of hydrogen-bond acceptors (Lipinski definition) is 4. The summed E-state index contributed by atoms with van der Waals surface area (Å²) in [5, 5.41) is 3.45. The van der Waals surface area contributed by atoms with E-state index in [9.17, 15) is 4.79 Å². The third-order valence-corrected chi connectivity index (χ3v) is 3.59. The van der Waals surface area contributed by atoms with Crippen molar-refractivity contribution >= 4 is 11.7 Å². The van der Waals surface area contributed by atoms with Crippen LogP contribution in [0.5, 0.6) is 0 Å². The van der Waals surface area contributed by atoms with E-state index < -0.39 is 0 Å². The Hall–Kier alpha value is -1.55. The molecule has 0 saturated carbocycles. The van der Waals surface area contributed by atoms with Crippen molar-refractivity contribution in [3.63, 3.8) is 0 Å². The van der Waals surface area contributed by atoms with Crippen molar-refractivity contribution in [2.75, 3.05) is 11.9 Å². The smallest absolute Gasteiger partial charge is 0.303 e. The van der Waals surface area contributed by atoms with E-state index in [0.717, 1.165) is 12.1 Å². The number of benzene rings is 1. The maximum atomic E-state index is 11.1. The van der Waals surface area contributed by atoms with Crippen LogP contribution in [0.4, 0.5) is 5.69 Å². The maximum absolute atomic E-state index is 11.1. The molecule has 0 amide bonds. The van der Waals surface area contributed by atoms with E-state index >= 15 is 0 Å². The van der Waals surface area contributed by atoms with Crippen LogP contribution in [0.2, 0.25) is 0 Å². The monoisotopic (exact) mass is 247 g/mol. The van der Waals surface area contributed by atoms with Gasteiger partial charge in [-0.2, -0.15) is 0 Å². The number of rotatable bonds is 1. The number of carbonyl (C=O) groups is 1. The van der Waals surface area contributed by atoms with Crippen LogP contribution in [-0.4, -0.2) is 24.7 Å². The van der Waals surface area contributed by atoms with Gasteiger partial charge < -0.3 is 14.8 Å². The molecule has 3 rings (SSSR count). The number of nitrogens with one attached hydrogen (secondary N) is 1. The number of fused-ring (bicyclic) bond motifs is 4. The molecular formula is C14H17NO3. The molecule has 2 bridgehead atoms. The fourth-order valence-corrected chi connectivity index (χ4v) is 2.76. The molecular weight excluding hydrogens is 230 g/mol. The summed E-state index contributed by atoms with van der Waals surface area (Å²) in [6.07, 6.45) is 0.792. The number of anilines is 1. The Morgan fingerprint density at radius 2 is 2.33 bits per heavy atom. The number of ether oxygens (including phenoxy) is 2. The molecule has 4 nitrogen and oxygen atoms in total. The predicted molar refractivity (Wildman–Crippen MR) is 67.5 cm³/mol. The lowest BCUT2D eigenvalue weighted by Crippen LogP contribution is -2.48. The normalized spacial score (nSPS) is 29.1. The molecule has 1 aromatic rings. The molecule has 0 unspecified atom stereocenters. The lowest BCUT2D eigenvalue weighted by Gasteiger charge is -2.41. The summed E-state index contributed by atoms with van der Waals surface area (Å²) in [5.74, 6) is -0.251. The molecule has 1 fully saturated rings. The average Bonchev–Trinajstić information content (AvgIpc) is 2.33. The van der Waals surface area contributed by atoms with Gasteiger partial charge in [0.1, 0.15) is 6.10 Å². The Morgan fingerprint density at radius 3 is 3.11 bits per heavy atom. The molecule has 3 atom stereocenters. The molecule has 1 N–H and O–H groups in total. The van der Waals surface area contributed by atoms with Gasteiger partial charge in [0.05, 0.1) is 18.8 Å². The van der Waals surface area contributed by atoms with Gasteiger partial charge in [0.15, 0.2) is 0 Å². The number of carbonyl (C=O) groups excluding carboxylic acids is 1. The Balaban J connectivity index is 1.86. The molecule has 1 aromatic carbocycles. The molecule has 96 valence electrons. The second-order valence-corrected chi connectivity index (χ2v) is 5.05. The minimum Gasteiger partial charge on any atom is -0.458 e. The summed E-state index contributed by atoms with van der Waals surface area (Å²) in [7, 11) is 0. The maximum Gasteiger partial charge on any atom is 0.303 e. The minimum absolute atomic E-state index is 0.123. The Bertz CT molecular complexity index is 486. The van der Waals surface area contributed by atoms with Crippen LogP contribution in [0.3, 0.4) is 0 Å². The van der Waals surface area contributed by atoms with Crippen molar-refractivity contribution in [3.8, 4) is 0 Å². The van der Waals surface area contributed by atoms with Crippen LogP contribution < -0.4 is 5.32 Å². The fraction of sp³-hybridized carbons (Fsp3) is 0.500. The van der Waals surface area contributed by atoms with E-state index in [-0.39, 0.29) is 24.2 Å². The molecule has 0 aliphatic carbocycles. The minimum atomic E-state index is -0.251. The summed E-state index contributed by atoms with van der Waals surface area (Å²) in [6, 6.07) is 6.47. The summed E-state index contributed by atoms with van der Waals surface area (Å²) < 4.78 is 11.1. The molecule has 0 radical (unpaired) electrons. The zero-order valence-corrected chi connectivity index (χ0v) is 10.6. The van der Waals surface area contributed by atoms with Crippen LogP contribution in [0, 0.1) is 6.92 Å². The van der Waals surface area contributed by atoms with Gasteiger partial charge in [0, 0.05) is 24.6 Å². The highest BCUT2D eigenvalue weighted by atomic mass is 16.6. The molecule has 2 aliphatic rings. The Kier molecular flexibility index (Phi) is 2.74. The first-order valence-corrected chi connectivity index (χ1v) is 6.29. The van der Waals surface area contributed by atoms with Crippen molar-refractivity contribution in [2.24, 2.45) is 0 Å².